The Morgan fingerprint density at radius 1 is 1.38 bits per heavy atom. The van der Waals surface area contributed by atoms with Crippen LogP contribution in [0, 0.1) is 6.92 Å². The molecular formula is C11H19N3O2. The highest BCUT2D eigenvalue weighted by atomic mass is 16.5. The highest BCUT2D eigenvalue weighted by Crippen LogP contribution is 2.26. The fraction of sp³-hybridized carbons (Fsp3) is 0.818. The standard InChI is InChI=1S/C11H19N3O2/c1-9-13-10(16-14-9)7-15-8-11(12)5-3-2-4-6-11/h2-8,12H2,1H3. The van der Waals surface area contributed by atoms with Crippen LogP contribution in [0.4, 0.5) is 0 Å². The molecule has 1 saturated carbocycles. The molecule has 5 heteroatoms. The summed E-state index contributed by atoms with van der Waals surface area (Å²) in [6, 6.07) is 0. The number of aryl methyl sites for hydroxylation is 1. The second-order valence-corrected chi connectivity index (χ2v) is 4.65. The van der Waals surface area contributed by atoms with Crippen LogP contribution in [0.15, 0.2) is 4.52 Å². The highest BCUT2D eigenvalue weighted by Gasteiger charge is 2.27. The zero-order chi connectivity index (χ0) is 11.4. The van der Waals surface area contributed by atoms with Crippen LogP contribution in [0.1, 0.15) is 43.8 Å². The predicted molar refractivity (Wildman–Crippen MR) is 58.7 cm³/mol. The van der Waals surface area contributed by atoms with Crippen molar-refractivity contribution in [2.24, 2.45) is 5.73 Å². The smallest absolute Gasteiger partial charge is 0.252 e. The summed E-state index contributed by atoms with van der Waals surface area (Å²) < 4.78 is 10.5. The van der Waals surface area contributed by atoms with E-state index in [0.717, 1.165) is 12.8 Å². The Kier molecular flexibility index (Phi) is 3.56. The molecule has 1 aliphatic carbocycles. The summed E-state index contributed by atoms with van der Waals surface area (Å²) in [6.07, 6.45) is 5.81. The molecule has 1 aromatic rings. The van der Waals surface area contributed by atoms with E-state index in [0.29, 0.717) is 24.9 Å². The molecule has 0 amide bonds. The molecule has 1 fully saturated rings. The molecule has 0 atom stereocenters. The van der Waals surface area contributed by atoms with Gasteiger partial charge in [-0.15, -0.1) is 0 Å². The third-order valence-corrected chi connectivity index (χ3v) is 3.03. The topological polar surface area (TPSA) is 74.2 Å². The Labute approximate surface area is 95.3 Å². The van der Waals surface area contributed by atoms with Crippen LogP contribution in [0.2, 0.25) is 0 Å². The number of rotatable bonds is 4. The molecule has 0 aromatic carbocycles. The molecular weight excluding hydrogens is 206 g/mol. The summed E-state index contributed by atoms with van der Waals surface area (Å²) in [5.41, 5.74) is 6.09. The Balaban J connectivity index is 1.74. The van der Waals surface area contributed by atoms with E-state index in [9.17, 15) is 0 Å². The molecule has 0 saturated heterocycles. The number of ether oxygens (including phenoxy) is 1. The monoisotopic (exact) mass is 225 g/mol. The van der Waals surface area contributed by atoms with Crippen molar-refractivity contribution in [3.05, 3.63) is 11.7 Å². The predicted octanol–water partition coefficient (Wildman–Crippen LogP) is 1.56. The van der Waals surface area contributed by atoms with Crippen LogP contribution >= 0.6 is 0 Å². The molecule has 2 N–H and O–H groups in total. The Morgan fingerprint density at radius 2 is 2.12 bits per heavy atom. The number of hydrogen-bond acceptors (Lipinski definition) is 5. The van der Waals surface area contributed by atoms with Crippen LogP contribution in [0.25, 0.3) is 0 Å². The van der Waals surface area contributed by atoms with Gasteiger partial charge in [0, 0.05) is 5.54 Å². The third kappa shape index (κ3) is 3.02. The van der Waals surface area contributed by atoms with Gasteiger partial charge in [0.2, 0.25) is 0 Å². The molecule has 1 aliphatic rings. The molecule has 0 spiro atoms. The van der Waals surface area contributed by atoms with Crippen molar-refractivity contribution in [3.8, 4) is 0 Å². The molecule has 0 bridgehead atoms. The molecule has 90 valence electrons. The largest absolute Gasteiger partial charge is 0.370 e. The second-order valence-electron chi connectivity index (χ2n) is 4.65. The van der Waals surface area contributed by atoms with E-state index in [1.54, 1.807) is 6.92 Å². The molecule has 1 heterocycles. The maximum atomic E-state index is 6.24. The van der Waals surface area contributed by atoms with Crippen LogP contribution in [-0.2, 0) is 11.3 Å². The quantitative estimate of drug-likeness (QED) is 0.841. The van der Waals surface area contributed by atoms with Crippen molar-refractivity contribution in [1.29, 1.82) is 0 Å². The summed E-state index contributed by atoms with van der Waals surface area (Å²) >= 11 is 0. The van der Waals surface area contributed by atoms with Gasteiger partial charge in [-0.1, -0.05) is 24.4 Å². The second kappa shape index (κ2) is 4.93. The minimum absolute atomic E-state index is 0.146. The van der Waals surface area contributed by atoms with Gasteiger partial charge in [-0.2, -0.15) is 4.98 Å². The van der Waals surface area contributed by atoms with Crippen molar-refractivity contribution in [1.82, 2.24) is 10.1 Å². The fourth-order valence-corrected chi connectivity index (χ4v) is 2.14. The van der Waals surface area contributed by atoms with Gasteiger partial charge < -0.3 is 15.0 Å². The van der Waals surface area contributed by atoms with Crippen molar-refractivity contribution < 1.29 is 9.26 Å². The summed E-state index contributed by atoms with van der Waals surface area (Å²) in [6.45, 7) is 2.73. The maximum absolute atomic E-state index is 6.24. The molecule has 0 aliphatic heterocycles. The first-order valence-corrected chi connectivity index (χ1v) is 5.84. The van der Waals surface area contributed by atoms with E-state index >= 15 is 0 Å². The lowest BCUT2D eigenvalue weighted by molar-refractivity contribution is 0.0439. The molecule has 2 rings (SSSR count). The van der Waals surface area contributed by atoms with E-state index in [2.05, 4.69) is 10.1 Å². The van der Waals surface area contributed by atoms with Gasteiger partial charge in [0.05, 0.1) is 6.61 Å². The van der Waals surface area contributed by atoms with E-state index in [1.807, 2.05) is 0 Å². The van der Waals surface area contributed by atoms with E-state index in [4.69, 9.17) is 15.0 Å². The number of hydrogen-bond donors (Lipinski definition) is 1. The minimum Gasteiger partial charge on any atom is -0.370 e. The zero-order valence-corrected chi connectivity index (χ0v) is 9.74. The maximum Gasteiger partial charge on any atom is 0.252 e. The molecule has 16 heavy (non-hydrogen) atoms. The van der Waals surface area contributed by atoms with Gasteiger partial charge in [-0.05, 0) is 19.8 Å². The zero-order valence-electron chi connectivity index (χ0n) is 9.74. The highest BCUT2D eigenvalue weighted by molar-refractivity contribution is 4.87. The van der Waals surface area contributed by atoms with Crippen molar-refractivity contribution in [3.63, 3.8) is 0 Å². The summed E-state index contributed by atoms with van der Waals surface area (Å²) in [4.78, 5) is 4.07. The first kappa shape index (κ1) is 11.5. The van der Waals surface area contributed by atoms with Gasteiger partial charge in [-0.3, -0.25) is 0 Å². The Bertz CT molecular complexity index is 332. The average Bonchev–Trinajstić information content (AvgIpc) is 2.65. The lowest BCUT2D eigenvalue weighted by Crippen LogP contribution is -2.46. The van der Waals surface area contributed by atoms with E-state index in [1.165, 1.54) is 19.3 Å². The van der Waals surface area contributed by atoms with Gasteiger partial charge in [-0.25, -0.2) is 0 Å². The molecule has 5 nitrogen and oxygen atoms in total. The fourth-order valence-electron chi connectivity index (χ4n) is 2.14. The Hall–Kier alpha value is -0.940. The van der Waals surface area contributed by atoms with Crippen molar-refractivity contribution >= 4 is 0 Å². The summed E-state index contributed by atoms with van der Waals surface area (Å²) in [5.74, 6) is 1.16. The normalized spacial score (nSPS) is 19.9. The van der Waals surface area contributed by atoms with Crippen molar-refractivity contribution in [2.75, 3.05) is 6.61 Å². The van der Waals surface area contributed by atoms with Crippen LogP contribution in [-0.4, -0.2) is 22.3 Å². The summed E-state index contributed by atoms with van der Waals surface area (Å²) in [7, 11) is 0. The van der Waals surface area contributed by atoms with Gasteiger partial charge >= 0.3 is 0 Å². The molecule has 0 unspecified atom stereocenters. The van der Waals surface area contributed by atoms with Crippen molar-refractivity contribution in [2.45, 2.75) is 51.2 Å². The Morgan fingerprint density at radius 3 is 2.75 bits per heavy atom. The number of nitrogens with zero attached hydrogens (tertiary/aromatic N) is 2. The van der Waals surface area contributed by atoms with Crippen LogP contribution in [0.3, 0.4) is 0 Å². The first-order valence-electron chi connectivity index (χ1n) is 5.84. The minimum atomic E-state index is -0.146. The van der Waals surface area contributed by atoms with Gasteiger partial charge in [0.25, 0.3) is 5.89 Å². The van der Waals surface area contributed by atoms with Crippen LogP contribution in [0.5, 0.6) is 0 Å². The van der Waals surface area contributed by atoms with Gasteiger partial charge in [0.1, 0.15) is 6.61 Å². The van der Waals surface area contributed by atoms with Gasteiger partial charge in [0.15, 0.2) is 5.82 Å². The average molecular weight is 225 g/mol. The van der Waals surface area contributed by atoms with E-state index in [-0.39, 0.29) is 5.54 Å². The number of aromatic nitrogens is 2. The first-order chi connectivity index (χ1) is 7.68. The summed E-state index contributed by atoms with van der Waals surface area (Å²) in [5, 5.41) is 3.70. The SMILES string of the molecule is Cc1noc(COCC2(N)CCCCC2)n1. The van der Waals surface area contributed by atoms with E-state index < -0.39 is 0 Å². The lowest BCUT2D eigenvalue weighted by atomic mass is 9.83. The molecule has 0 radical (unpaired) electrons. The van der Waals surface area contributed by atoms with Crippen LogP contribution < -0.4 is 5.73 Å². The molecule has 1 aromatic heterocycles. The lowest BCUT2D eigenvalue weighted by Gasteiger charge is -2.32. The third-order valence-electron chi connectivity index (χ3n) is 3.03. The number of nitrogens with two attached hydrogens (primary N) is 1.